The van der Waals surface area contributed by atoms with Crippen LogP contribution in [-0.4, -0.2) is 73.3 Å². The molecule has 2 aliphatic heterocycles. The van der Waals surface area contributed by atoms with Gasteiger partial charge in [-0.05, 0) is 25.8 Å². The van der Waals surface area contributed by atoms with Gasteiger partial charge in [0.2, 0.25) is 11.9 Å². The maximum atomic E-state index is 12.7. The normalized spacial score (nSPS) is 17.3. The predicted octanol–water partition coefficient (Wildman–Crippen LogP) is 2.21. The SMILES string of the molecule is Cc1cccc(CCC(=O)N2CCN(c3nc(C)cc(N4CCOCC4)n3)CC2)c1. The van der Waals surface area contributed by atoms with Crippen LogP contribution >= 0.6 is 0 Å². The van der Waals surface area contributed by atoms with Crippen LogP contribution in [0, 0.1) is 13.8 Å². The Morgan fingerprint density at radius 3 is 2.47 bits per heavy atom. The molecule has 0 unspecified atom stereocenters. The summed E-state index contributed by atoms with van der Waals surface area (Å²) in [7, 11) is 0. The van der Waals surface area contributed by atoms with Crippen LogP contribution in [0.4, 0.5) is 11.8 Å². The summed E-state index contributed by atoms with van der Waals surface area (Å²) in [5.74, 6) is 1.97. The first kappa shape index (κ1) is 20.6. The minimum absolute atomic E-state index is 0.232. The van der Waals surface area contributed by atoms with Crippen molar-refractivity contribution in [2.24, 2.45) is 0 Å². The van der Waals surface area contributed by atoms with Gasteiger partial charge in [-0.2, -0.15) is 4.98 Å². The standard InChI is InChI=1S/C23H31N5O2/c1-18-4-3-5-20(16-18)6-7-22(29)27-8-10-28(11-9-27)23-24-19(2)17-21(25-23)26-12-14-30-15-13-26/h3-5,16-17H,6-15H2,1-2H3. The predicted molar refractivity (Wildman–Crippen MR) is 118 cm³/mol. The first-order chi connectivity index (χ1) is 14.6. The Morgan fingerprint density at radius 2 is 1.73 bits per heavy atom. The van der Waals surface area contributed by atoms with Crippen molar-refractivity contribution in [1.82, 2.24) is 14.9 Å². The Hall–Kier alpha value is -2.67. The lowest BCUT2D eigenvalue weighted by Crippen LogP contribution is -2.49. The number of hydrogen-bond acceptors (Lipinski definition) is 6. The Bertz CT molecular complexity index is 874. The Balaban J connectivity index is 1.32. The molecule has 0 aliphatic carbocycles. The zero-order chi connectivity index (χ0) is 20.9. The largest absolute Gasteiger partial charge is 0.378 e. The third kappa shape index (κ3) is 5.08. The molecule has 0 atom stereocenters. The van der Waals surface area contributed by atoms with Gasteiger partial charge in [0.15, 0.2) is 0 Å². The van der Waals surface area contributed by atoms with Gasteiger partial charge in [0, 0.05) is 57.4 Å². The summed E-state index contributed by atoms with van der Waals surface area (Å²) in [6, 6.07) is 10.4. The fourth-order valence-corrected chi connectivity index (χ4v) is 4.07. The molecule has 7 heteroatoms. The first-order valence-corrected chi connectivity index (χ1v) is 10.8. The number of carbonyl (C=O) groups is 1. The number of nitrogens with zero attached hydrogens (tertiary/aromatic N) is 5. The summed E-state index contributed by atoms with van der Waals surface area (Å²) in [6.07, 6.45) is 1.36. The number of amides is 1. The summed E-state index contributed by atoms with van der Waals surface area (Å²) in [5.41, 5.74) is 3.44. The van der Waals surface area contributed by atoms with E-state index >= 15 is 0 Å². The van der Waals surface area contributed by atoms with Crippen molar-refractivity contribution in [3.05, 3.63) is 47.2 Å². The quantitative estimate of drug-likeness (QED) is 0.755. The highest BCUT2D eigenvalue weighted by Gasteiger charge is 2.23. The number of aromatic nitrogens is 2. The molecule has 2 saturated heterocycles. The lowest BCUT2D eigenvalue weighted by atomic mass is 10.1. The van der Waals surface area contributed by atoms with Crippen LogP contribution in [0.25, 0.3) is 0 Å². The summed E-state index contributed by atoms with van der Waals surface area (Å²) >= 11 is 0. The van der Waals surface area contributed by atoms with Crippen molar-refractivity contribution in [2.45, 2.75) is 26.7 Å². The van der Waals surface area contributed by atoms with E-state index in [0.29, 0.717) is 6.42 Å². The molecule has 3 heterocycles. The average molecular weight is 410 g/mol. The number of anilines is 2. The molecule has 2 fully saturated rings. The minimum Gasteiger partial charge on any atom is -0.378 e. The molecule has 7 nitrogen and oxygen atoms in total. The van der Waals surface area contributed by atoms with Gasteiger partial charge in [0.05, 0.1) is 13.2 Å². The van der Waals surface area contributed by atoms with E-state index in [2.05, 4.69) is 46.0 Å². The zero-order valence-electron chi connectivity index (χ0n) is 18.0. The minimum atomic E-state index is 0.232. The van der Waals surface area contributed by atoms with Crippen molar-refractivity contribution in [2.75, 3.05) is 62.3 Å². The molecule has 1 aromatic heterocycles. The van der Waals surface area contributed by atoms with E-state index in [9.17, 15) is 4.79 Å². The lowest BCUT2D eigenvalue weighted by Gasteiger charge is -2.35. The topological polar surface area (TPSA) is 61.8 Å². The highest BCUT2D eigenvalue weighted by molar-refractivity contribution is 5.76. The molecular weight excluding hydrogens is 378 g/mol. The van der Waals surface area contributed by atoms with Crippen LogP contribution < -0.4 is 9.80 Å². The summed E-state index contributed by atoms with van der Waals surface area (Å²) in [6.45, 7) is 10.3. The van der Waals surface area contributed by atoms with Gasteiger partial charge in [-0.25, -0.2) is 4.98 Å². The smallest absolute Gasteiger partial charge is 0.227 e. The average Bonchev–Trinajstić information content (AvgIpc) is 2.78. The van der Waals surface area contributed by atoms with E-state index in [1.54, 1.807) is 0 Å². The van der Waals surface area contributed by atoms with E-state index in [-0.39, 0.29) is 5.91 Å². The van der Waals surface area contributed by atoms with Gasteiger partial charge in [0.25, 0.3) is 0 Å². The molecule has 0 N–H and O–H groups in total. The van der Waals surface area contributed by atoms with E-state index in [0.717, 1.165) is 76.4 Å². The van der Waals surface area contributed by atoms with Gasteiger partial charge in [-0.15, -0.1) is 0 Å². The Labute approximate surface area is 178 Å². The molecule has 30 heavy (non-hydrogen) atoms. The van der Waals surface area contributed by atoms with Crippen molar-refractivity contribution >= 4 is 17.7 Å². The molecule has 0 bridgehead atoms. The maximum absolute atomic E-state index is 12.7. The van der Waals surface area contributed by atoms with E-state index in [1.165, 1.54) is 11.1 Å². The number of aryl methyl sites for hydroxylation is 3. The third-order valence-corrected chi connectivity index (χ3v) is 5.79. The number of hydrogen-bond donors (Lipinski definition) is 0. The molecule has 160 valence electrons. The van der Waals surface area contributed by atoms with Crippen LogP contribution in [0.3, 0.4) is 0 Å². The molecular formula is C23H31N5O2. The lowest BCUT2D eigenvalue weighted by molar-refractivity contribution is -0.131. The number of rotatable bonds is 5. The van der Waals surface area contributed by atoms with Crippen molar-refractivity contribution in [1.29, 1.82) is 0 Å². The molecule has 2 aliphatic rings. The van der Waals surface area contributed by atoms with Crippen LogP contribution in [0.5, 0.6) is 0 Å². The number of carbonyl (C=O) groups excluding carboxylic acids is 1. The fourth-order valence-electron chi connectivity index (χ4n) is 4.07. The van der Waals surface area contributed by atoms with Gasteiger partial charge >= 0.3 is 0 Å². The highest BCUT2D eigenvalue weighted by atomic mass is 16.5. The number of benzene rings is 1. The second-order valence-corrected chi connectivity index (χ2v) is 8.12. The molecule has 1 amide bonds. The van der Waals surface area contributed by atoms with Crippen LogP contribution in [0.2, 0.25) is 0 Å². The Kier molecular flexibility index (Phi) is 6.47. The molecule has 0 spiro atoms. The molecule has 1 aromatic carbocycles. The zero-order valence-corrected chi connectivity index (χ0v) is 18.0. The maximum Gasteiger partial charge on any atom is 0.227 e. The van der Waals surface area contributed by atoms with Crippen LogP contribution in [-0.2, 0) is 16.0 Å². The van der Waals surface area contributed by atoms with E-state index in [4.69, 9.17) is 9.72 Å². The van der Waals surface area contributed by atoms with E-state index in [1.807, 2.05) is 17.9 Å². The first-order valence-electron chi connectivity index (χ1n) is 10.8. The van der Waals surface area contributed by atoms with Gasteiger partial charge in [-0.3, -0.25) is 4.79 Å². The number of piperazine rings is 1. The Morgan fingerprint density at radius 1 is 0.967 bits per heavy atom. The number of ether oxygens (including phenoxy) is 1. The molecule has 0 saturated carbocycles. The van der Waals surface area contributed by atoms with Crippen molar-refractivity contribution < 1.29 is 9.53 Å². The summed E-state index contributed by atoms with van der Waals surface area (Å²) in [4.78, 5) is 28.6. The van der Waals surface area contributed by atoms with E-state index < -0.39 is 0 Å². The third-order valence-electron chi connectivity index (χ3n) is 5.79. The second kappa shape index (κ2) is 9.43. The molecule has 4 rings (SSSR count). The summed E-state index contributed by atoms with van der Waals surface area (Å²) < 4.78 is 5.45. The number of morpholine rings is 1. The highest BCUT2D eigenvalue weighted by Crippen LogP contribution is 2.20. The van der Waals surface area contributed by atoms with Crippen molar-refractivity contribution in [3.63, 3.8) is 0 Å². The molecule has 2 aromatic rings. The van der Waals surface area contributed by atoms with Gasteiger partial charge < -0.3 is 19.4 Å². The molecule has 0 radical (unpaired) electrons. The monoisotopic (exact) mass is 409 g/mol. The van der Waals surface area contributed by atoms with Gasteiger partial charge in [-0.1, -0.05) is 29.8 Å². The van der Waals surface area contributed by atoms with Gasteiger partial charge in [0.1, 0.15) is 5.82 Å². The fraction of sp³-hybridized carbons (Fsp3) is 0.522. The second-order valence-electron chi connectivity index (χ2n) is 8.12. The summed E-state index contributed by atoms with van der Waals surface area (Å²) in [5, 5.41) is 0. The van der Waals surface area contributed by atoms with Crippen LogP contribution in [0.1, 0.15) is 23.2 Å². The van der Waals surface area contributed by atoms with Crippen LogP contribution in [0.15, 0.2) is 30.3 Å². The van der Waals surface area contributed by atoms with Crippen molar-refractivity contribution in [3.8, 4) is 0 Å².